The third-order valence-electron chi connectivity index (χ3n) is 4.21. The topological polar surface area (TPSA) is 53.7 Å². The molecule has 0 unspecified atom stereocenters. The summed E-state index contributed by atoms with van der Waals surface area (Å²) in [4.78, 5) is 0. The summed E-state index contributed by atoms with van der Waals surface area (Å²) in [5.41, 5.74) is 3.48. The molecule has 0 amide bonds. The van der Waals surface area contributed by atoms with Gasteiger partial charge in [0.25, 0.3) is 0 Å². The second-order valence-corrected chi connectivity index (χ2v) is 6.48. The van der Waals surface area contributed by atoms with Crippen LogP contribution in [0.15, 0.2) is 18.2 Å². The Balaban J connectivity index is 2.35. The molecule has 1 saturated heterocycles. The van der Waals surface area contributed by atoms with Gasteiger partial charge in [-0.3, -0.25) is 0 Å². The van der Waals surface area contributed by atoms with E-state index in [0.29, 0.717) is 5.46 Å². The van der Waals surface area contributed by atoms with Crippen LogP contribution >= 0.6 is 0 Å². The molecule has 0 radical (unpaired) electrons. The molecule has 1 fully saturated rings. The minimum absolute atomic E-state index is 0.0128. The Morgan fingerprint density at radius 1 is 1.13 bits per heavy atom. The number of nitrogens with two attached hydrogens (primary N) is 1. The summed E-state index contributed by atoms with van der Waals surface area (Å²) in [6, 6.07) is 3.80. The number of ether oxygens (including phenoxy) is 1. The first kappa shape index (κ1) is 18.1. The minimum Gasteiger partial charge on any atom is -0.492 e. The SMILES string of the molecule is CC1(C)OB(c2ccc(OCCN)c(C(F)(F)F)c2)OC1(C)C. The maximum Gasteiger partial charge on any atom is 0.494 e. The van der Waals surface area contributed by atoms with Crippen LogP contribution in [-0.2, 0) is 15.5 Å². The fraction of sp³-hybridized carbons (Fsp3) is 0.600. The average Bonchev–Trinajstić information content (AvgIpc) is 2.64. The van der Waals surface area contributed by atoms with E-state index in [2.05, 4.69) is 0 Å². The van der Waals surface area contributed by atoms with Gasteiger partial charge in [-0.15, -0.1) is 0 Å². The van der Waals surface area contributed by atoms with E-state index in [9.17, 15) is 13.2 Å². The highest BCUT2D eigenvalue weighted by molar-refractivity contribution is 6.62. The Morgan fingerprint density at radius 2 is 1.70 bits per heavy atom. The van der Waals surface area contributed by atoms with Crippen molar-refractivity contribution in [3.05, 3.63) is 23.8 Å². The number of hydrogen-bond acceptors (Lipinski definition) is 4. The molecule has 0 bridgehead atoms. The van der Waals surface area contributed by atoms with Crippen LogP contribution in [0.2, 0.25) is 0 Å². The van der Waals surface area contributed by atoms with Crippen LogP contribution in [0.3, 0.4) is 0 Å². The summed E-state index contributed by atoms with van der Waals surface area (Å²) in [5, 5.41) is 0. The zero-order valence-corrected chi connectivity index (χ0v) is 13.7. The van der Waals surface area contributed by atoms with Crippen LogP contribution in [-0.4, -0.2) is 31.5 Å². The number of hydrogen-bond donors (Lipinski definition) is 1. The van der Waals surface area contributed by atoms with Crippen LogP contribution in [0.25, 0.3) is 0 Å². The smallest absolute Gasteiger partial charge is 0.492 e. The highest BCUT2D eigenvalue weighted by Crippen LogP contribution is 2.38. The molecule has 1 aromatic carbocycles. The van der Waals surface area contributed by atoms with Gasteiger partial charge in [-0.1, -0.05) is 6.07 Å². The molecule has 1 heterocycles. The molecule has 1 aliphatic rings. The van der Waals surface area contributed by atoms with Crippen molar-refractivity contribution in [2.45, 2.75) is 45.1 Å². The summed E-state index contributed by atoms with van der Waals surface area (Å²) in [6.07, 6.45) is -4.54. The van der Waals surface area contributed by atoms with Crippen molar-refractivity contribution < 1.29 is 27.2 Å². The van der Waals surface area contributed by atoms with Gasteiger partial charge in [0.1, 0.15) is 12.4 Å². The molecule has 128 valence electrons. The van der Waals surface area contributed by atoms with Crippen molar-refractivity contribution in [1.29, 1.82) is 0 Å². The summed E-state index contributed by atoms with van der Waals surface area (Å²) in [5.74, 6) is -0.247. The Bertz CT molecular complexity index is 560. The van der Waals surface area contributed by atoms with Crippen molar-refractivity contribution >= 4 is 12.6 Å². The van der Waals surface area contributed by atoms with Gasteiger partial charge < -0.3 is 19.8 Å². The first-order valence-corrected chi connectivity index (χ1v) is 7.37. The number of benzene rings is 1. The van der Waals surface area contributed by atoms with Gasteiger partial charge >= 0.3 is 13.3 Å². The molecule has 0 aromatic heterocycles. The zero-order valence-electron chi connectivity index (χ0n) is 13.7. The fourth-order valence-electron chi connectivity index (χ4n) is 2.19. The lowest BCUT2D eigenvalue weighted by atomic mass is 9.78. The highest BCUT2D eigenvalue weighted by atomic mass is 19.4. The Labute approximate surface area is 134 Å². The molecule has 8 heteroatoms. The van der Waals surface area contributed by atoms with Crippen LogP contribution in [0, 0.1) is 0 Å². The maximum absolute atomic E-state index is 13.3. The summed E-state index contributed by atoms with van der Waals surface area (Å²) in [7, 11) is -0.857. The van der Waals surface area contributed by atoms with Crippen LogP contribution in [0.5, 0.6) is 5.75 Å². The van der Waals surface area contributed by atoms with E-state index in [0.717, 1.165) is 6.07 Å². The Hall–Kier alpha value is -1.25. The van der Waals surface area contributed by atoms with E-state index in [4.69, 9.17) is 19.8 Å². The predicted molar refractivity (Wildman–Crippen MR) is 81.7 cm³/mol. The Kier molecular flexibility index (Phi) is 4.72. The van der Waals surface area contributed by atoms with Crippen molar-refractivity contribution in [3.63, 3.8) is 0 Å². The molecule has 2 rings (SSSR count). The molecule has 0 aliphatic carbocycles. The van der Waals surface area contributed by atoms with Crippen molar-refractivity contribution in [1.82, 2.24) is 0 Å². The van der Waals surface area contributed by atoms with Gasteiger partial charge in [-0.25, -0.2) is 0 Å². The fourth-order valence-corrected chi connectivity index (χ4v) is 2.19. The van der Waals surface area contributed by atoms with Gasteiger partial charge in [0.2, 0.25) is 0 Å². The largest absolute Gasteiger partial charge is 0.494 e. The number of halogens is 3. The predicted octanol–water partition coefficient (Wildman–Crippen LogP) is 2.34. The van der Waals surface area contributed by atoms with E-state index >= 15 is 0 Å². The molecular formula is C15H21BF3NO3. The van der Waals surface area contributed by atoms with Gasteiger partial charge in [0, 0.05) is 6.54 Å². The van der Waals surface area contributed by atoms with E-state index < -0.39 is 30.1 Å². The van der Waals surface area contributed by atoms with Gasteiger partial charge in [-0.05, 0) is 45.3 Å². The first-order chi connectivity index (χ1) is 10.5. The summed E-state index contributed by atoms with van der Waals surface area (Å²) in [6.45, 7) is 7.52. The molecule has 0 spiro atoms. The van der Waals surface area contributed by atoms with E-state index in [1.54, 1.807) is 0 Å². The molecule has 2 N–H and O–H groups in total. The van der Waals surface area contributed by atoms with Gasteiger partial charge in [0.15, 0.2) is 0 Å². The first-order valence-electron chi connectivity index (χ1n) is 7.37. The van der Waals surface area contributed by atoms with E-state index in [1.165, 1.54) is 12.1 Å². The van der Waals surface area contributed by atoms with Crippen molar-refractivity contribution in [2.75, 3.05) is 13.2 Å². The van der Waals surface area contributed by atoms with E-state index in [1.807, 2.05) is 27.7 Å². The molecule has 23 heavy (non-hydrogen) atoms. The second kappa shape index (κ2) is 6.00. The van der Waals surface area contributed by atoms with Gasteiger partial charge in [0.05, 0.1) is 16.8 Å². The number of alkyl halides is 3. The average molecular weight is 331 g/mol. The second-order valence-electron chi connectivity index (χ2n) is 6.48. The van der Waals surface area contributed by atoms with Crippen LogP contribution in [0.4, 0.5) is 13.2 Å². The van der Waals surface area contributed by atoms with Crippen molar-refractivity contribution in [3.8, 4) is 5.75 Å². The minimum atomic E-state index is -4.54. The zero-order chi connectivity index (χ0) is 17.5. The lowest BCUT2D eigenvalue weighted by molar-refractivity contribution is -0.138. The monoisotopic (exact) mass is 331 g/mol. The quantitative estimate of drug-likeness (QED) is 0.861. The standard InChI is InChI=1S/C15H21BF3NO3/c1-13(2)14(3,4)23-16(22-13)10-5-6-12(21-8-7-20)11(9-10)15(17,18)19/h5-6,9H,7-8,20H2,1-4H3. The van der Waals surface area contributed by atoms with Crippen LogP contribution in [0.1, 0.15) is 33.3 Å². The molecule has 0 saturated carbocycles. The lowest BCUT2D eigenvalue weighted by Gasteiger charge is -2.32. The lowest BCUT2D eigenvalue weighted by Crippen LogP contribution is -2.41. The third-order valence-corrected chi connectivity index (χ3v) is 4.21. The summed E-state index contributed by atoms with van der Waals surface area (Å²) >= 11 is 0. The highest BCUT2D eigenvalue weighted by Gasteiger charge is 2.52. The number of rotatable bonds is 4. The van der Waals surface area contributed by atoms with Gasteiger partial charge in [-0.2, -0.15) is 13.2 Å². The normalized spacial score (nSPS) is 19.9. The maximum atomic E-state index is 13.3. The summed E-state index contributed by atoms with van der Waals surface area (Å²) < 4.78 is 56.4. The molecule has 0 atom stereocenters. The van der Waals surface area contributed by atoms with Crippen molar-refractivity contribution in [2.24, 2.45) is 5.73 Å². The molecule has 4 nitrogen and oxygen atoms in total. The molecule has 1 aliphatic heterocycles. The van der Waals surface area contributed by atoms with Crippen LogP contribution < -0.4 is 15.9 Å². The third kappa shape index (κ3) is 3.64. The molecular weight excluding hydrogens is 310 g/mol. The molecule has 1 aromatic rings. The Morgan fingerprint density at radius 3 is 2.17 bits per heavy atom. The van der Waals surface area contributed by atoms with E-state index in [-0.39, 0.29) is 18.9 Å².